The molecule has 0 bridgehead atoms. The number of aromatic nitrogens is 2. The van der Waals surface area contributed by atoms with Gasteiger partial charge >= 0.3 is 0 Å². The second-order valence-corrected chi connectivity index (χ2v) is 6.03. The van der Waals surface area contributed by atoms with Crippen LogP contribution in [0.2, 0.25) is 5.02 Å². The molecule has 1 aromatic heterocycles. The summed E-state index contributed by atoms with van der Waals surface area (Å²) < 4.78 is 0. The average Bonchev–Trinajstić information content (AvgIpc) is 2.58. The monoisotopic (exact) mass is 347 g/mol. The van der Waals surface area contributed by atoms with E-state index in [9.17, 15) is 4.79 Å². The van der Waals surface area contributed by atoms with E-state index in [1.165, 1.54) is 0 Å². The molecule has 2 N–H and O–H groups in total. The second kappa shape index (κ2) is 9.20. The maximum absolute atomic E-state index is 12.1. The Morgan fingerprint density at radius 1 is 1.25 bits per heavy atom. The van der Waals surface area contributed by atoms with Crippen LogP contribution in [-0.4, -0.2) is 48.0 Å². The molecule has 2 rings (SSSR count). The fraction of sp³-hybridized carbons (Fsp3) is 0.353. The minimum atomic E-state index is -0.197. The SMILES string of the molecule is CN(C)CCCNC(=O)c1ccnc(NCc2ccccc2Cl)n1. The Morgan fingerprint density at radius 2 is 2.04 bits per heavy atom. The summed E-state index contributed by atoms with van der Waals surface area (Å²) >= 11 is 6.12. The predicted molar refractivity (Wildman–Crippen MR) is 96.3 cm³/mol. The van der Waals surface area contributed by atoms with Crippen LogP contribution < -0.4 is 10.6 Å². The van der Waals surface area contributed by atoms with E-state index in [1.54, 1.807) is 12.3 Å². The van der Waals surface area contributed by atoms with Crippen molar-refractivity contribution in [1.29, 1.82) is 0 Å². The number of halogens is 1. The van der Waals surface area contributed by atoms with Gasteiger partial charge in [-0.3, -0.25) is 4.79 Å². The van der Waals surface area contributed by atoms with E-state index in [1.807, 2.05) is 38.4 Å². The lowest BCUT2D eigenvalue weighted by atomic mass is 10.2. The Kier molecular flexibility index (Phi) is 6.96. The largest absolute Gasteiger partial charge is 0.351 e. The van der Waals surface area contributed by atoms with Gasteiger partial charge in [-0.2, -0.15) is 0 Å². The Labute approximate surface area is 147 Å². The minimum absolute atomic E-state index is 0.197. The van der Waals surface area contributed by atoms with Crippen LogP contribution in [0.3, 0.4) is 0 Å². The van der Waals surface area contributed by atoms with Gasteiger partial charge in [-0.15, -0.1) is 0 Å². The molecule has 24 heavy (non-hydrogen) atoms. The number of rotatable bonds is 8. The molecule has 0 saturated heterocycles. The van der Waals surface area contributed by atoms with E-state index in [2.05, 4.69) is 25.5 Å². The summed E-state index contributed by atoms with van der Waals surface area (Å²) in [5, 5.41) is 6.63. The van der Waals surface area contributed by atoms with Gasteiger partial charge in [-0.05, 0) is 44.8 Å². The molecule has 1 heterocycles. The van der Waals surface area contributed by atoms with Crippen molar-refractivity contribution in [2.45, 2.75) is 13.0 Å². The summed E-state index contributed by atoms with van der Waals surface area (Å²) in [4.78, 5) is 22.6. The highest BCUT2D eigenvalue weighted by Gasteiger charge is 2.08. The lowest BCUT2D eigenvalue weighted by Gasteiger charge is -2.10. The highest BCUT2D eigenvalue weighted by atomic mass is 35.5. The number of amides is 1. The molecule has 0 saturated carbocycles. The van der Waals surface area contributed by atoms with E-state index in [0.29, 0.717) is 29.8 Å². The minimum Gasteiger partial charge on any atom is -0.351 e. The van der Waals surface area contributed by atoms with Gasteiger partial charge in [-0.25, -0.2) is 9.97 Å². The first-order valence-electron chi connectivity index (χ1n) is 7.79. The highest BCUT2D eigenvalue weighted by Crippen LogP contribution is 2.15. The van der Waals surface area contributed by atoms with Gasteiger partial charge in [0, 0.05) is 24.3 Å². The molecule has 0 aliphatic heterocycles. The van der Waals surface area contributed by atoms with E-state index >= 15 is 0 Å². The van der Waals surface area contributed by atoms with Crippen LogP contribution >= 0.6 is 11.6 Å². The smallest absolute Gasteiger partial charge is 0.270 e. The second-order valence-electron chi connectivity index (χ2n) is 5.62. The number of anilines is 1. The van der Waals surface area contributed by atoms with Crippen LogP contribution in [0.15, 0.2) is 36.5 Å². The van der Waals surface area contributed by atoms with E-state index in [0.717, 1.165) is 18.5 Å². The molecule has 2 aromatic rings. The molecule has 0 radical (unpaired) electrons. The zero-order valence-corrected chi connectivity index (χ0v) is 14.7. The summed E-state index contributed by atoms with van der Waals surface area (Å²) in [7, 11) is 4.01. The first-order chi connectivity index (χ1) is 11.6. The Bertz CT molecular complexity index is 678. The van der Waals surface area contributed by atoms with Crippen molar-refractivity contribution in [3.05, 3.63) is 52.8 Å². The highest BCUT2D eigenvalue weighted by molar-refractivity contribution is 6.31. The first kappa shape index (κ1) is 18.2. The quantitative estimate of drug-likeness (QED) is 0.718. The van der Waals surface area contributed by atoms with Crippen molar-refractivity contribution in [1.82, 2.24) is 20.2 Å². The molecule has 0 spiro atoms. The van der Waals surface area contributed by atoms with Gasteiger partial charge in [0.25, 0.3) is 5.91 Å². The maximum Gasteiger partial charge on any atom is 0.270 e. The molecule has 6 nitrogen and oxygen atoms in total. The third-order valence-electron chi connectivity index (χ3n) is 3.35. The van der Waals surface area contributed by atoms with Crippen molar-refractivity contribution in [3.8, 4) is 0 Å². The fourth-order valence-corrected chi connectivity index (χ4v) is 2.28. The number of nitrogens with zero attached hydrogens (tertiary/aromatic N) is 3. The molecule has 1 amide bonds. The molecule has 0 unspecified atom stereocenters. The van der Waals surface area contributed by atoms with E-state index < -0.39 is 0 Å². The van der Waals surface area contributed by atoms with Gasteiger partial charge in [0.05, 0.1) is 0 Å². The Hall–Kier alpha value is -2.18. The molecule has 0 aliphatic carbocycles. The number of carbonyl (C=O) groups is 1. The van der Waals surface area contributed by atoms with Crippen LogP contribution in [0, 0.1) is 0 Å². The molecule has 0 fully saturated rings. The standard InChI is InChI=1S/C17H22ClN5O/c1-23(2)11-5-9-19-16(24)15-8-10-20-17(22-15)21-12-13-6-3-4-7-14(13)18/h3-4,6-8,10H,5,9,11-12H2,1-2H3,(H,19,24)(H,20,21,22). The molecule has 7 heteroatoms. The summed E-state index contributed by atoms with van der Waals surface area (Å²) in [6, 6.07) is 9.15. The van der Waals surface area contributed by atoms with E-state index in [-0.39, 0.29) is 5.91 Å². The Balaban J connectivity index is 1.89. The van der Waals surface area contributed by atoms with Crippen LogP contribution in [0.1, 0.15) is 22.5 Å². The molecule has 0 atom stereocenters. The van der Waals surface area contributed by atoms with Crippen LogP contribution in [-0.2, 0) is 6.54 Å². The number of hydrogen-bond donors (Lipinski definition) is 2. The van der Waals surface area contributed by atoms with Crippen molar-refractivity contribution in [2.24, 2.45) is 0 Å². The number of carbonyl (C=O) groups excluding carboxylic acids is 1. The third kappa shape index (κ3) is 5.79. The van der Waals surface area contributed by atoms with Gasteiger partial charge in [0.1, 0.15) is 5.69 Å². The van der Waals surface area contributed by atoms with Crippen LogP contribution in [0.25, 0.3) is 0 Å². The zero-order valence-electron chi connectivity index (χ0n) is 13.9. The summed E-state index contributed by atoms with van der Waals surface area (Å²) in [5.41, 5.74) is 1.29. The molecular weight excluding hydrogens is 326 g/mol. The summed E-state index contributed by atoms with van der Waals surface area (Å²) in [6.07, 6.45) is 2.46. The van der Waals surface area contributed by atoms with Crippen molar-refractivity contribution >= 4 is 23.5 Å². The number of hydrogen-bond acceptors (Lipinski definition) is 5. The topological polar surface area (TPSA) is 70.2 Å². The first-order valence-corrected chi connectivity index (χ1v) is 8.17. The van der Waals surface area contributed by atoms with Crippen LogP contribution in [0.5, 0.6) is 0 Å². The molecule has 0 aliphatic rings. The number of benzene rings is 1. The average molecular weight is 348 g/mol. The zero-order chi connectivity index (χ0) is 17.4. The lowest BCUT2D eigenvalue weighted by Crippen LogP contribution is -2.28. The maximum atomic E-state index is 12.1. The summed E-state index contributed by atoms with van der Waals surface area (Å²) in [5.74, 6) is 0.202. The van der Waals surface area contributed by atoms with Gasteiger partial charge in [-0.1, -0.05) is 29.8 Å². The molecule has 1 aromatic carbocycles. The van der Waals surface area contributed by atoms with E-state index in [4.69, 9.17) is 11.6 Å². The van der Waals surface area contributed by atoms with Crippen molar-refractivity contribution in [3.63, 3.8) is 0 Å². The van der Waals surface area contributed by atoms with Crippen molar-refractivity contribution in [2.75, 3.05) is 32.5 Å². The van der Waals surface area contributed by atoms with Gasteiger partial charge in [0.15, 0.2) is 0 Å². The van der Waals surface area contributed by atoms with Gasteiger partial charge in [0.2, 0.25) is 5.95 Å². The molecule has 128 valence electrons. The van der Waals surface area contributed by atoms with Crippen LogP contribution in [0.4, 0.5) is 5.95 Å². The summed E-state index contributed by atoms with van der Waals surface area (Å²) in [6.45, 7) is 2.03. The predicted octanol–water partition coefficient (Wildman–Crippen LogP) is 2.42. The fourth-order valence-electron chi connectivity index (χ4n) is 2.07. The lowest BCUT2D eigenvalue weighted by molar-refractivity contribution is 0.0947. The Morgan fingerprint density at radius 3 is 2.79 bits per heavy atom. The van der Waals surface area contributed by atoms with Gasteiger partial charge < -0.3 is 15.5 Å². The third-order valence-corrected chi connectivity index (χ3v) is 3.72. The number of nitrogens with one attached hydrogen (secondary N) is 2. The normalized spacial score (nSPS) is 10.7. The van der Waals surface area contributed by atoms with Crippen molar-refractivity contribution < 1.29 is 4.79 Å². The molecular formula is C17H22ClN5O.